The number of carbonyl (C=O) groups is 1. The topological polar surface area (TPSA) is 26.3 Å². The van der Waals surface area contributed by atoms with Gasteiger partial charge in [-0.3, -0.25) is 4.79 Å². The number of hydrogen-bond donors (Lipinski definition) is 0. The van der Waals surface area contributed by atoms with Crippen molar-refractivity contribution in [1.29, 1.82) is 0 Å². The van der Waals surface area contributed by atoms with Crippen molar-refractivity contribution in [1.82, 2.24) is 0 Å². The fourth-order valence-corrected chi connectivity index (χ4v) is 0.679. The van der Waals surface area contributed by atoms with Gasteiger partial charge in [-0.05, 0) is 6.92 Å². The van der Waals surface area contributed by atoms with E-state index in [1.165, 1.54) is 12.7 Å². The van der Waals surface area contributed by atoms with E-state index in [0.29, 0.717) is 6.42 Å². The summed E-state index contributed by atoms with van der Waals surface area (Å²) < 4.78 is 4.26. The Balaban J connectivity index is 0. The largest absolute Gasteiger partial charge is 0.469 e. The van der Waals surface area contributed by atoms with Crippen molar-refractivity contribution in [2.24, 2.45) is 0 Å². The van der Waals surface area contributed by atoms with Gasteiger partial charge in [-0.2, -0.15) is 0 Å². The Bertz CT molecular complexity index is 228. The Morgan fingerprint density at radius 1 is 1.38 bits per heavy atom. The monoisotopic (exact) mass is 182 g/mol. The first kappa shape index (κ1) is 11.7. The molecule has 1 aromatic carbocycles. The summed E-state index contributed by atoms with van der Waals surface area (Å²) in [7, 11) is 1.38. The van der Waals surface area contributed by atoms with E-state index in [1.807, 2.05) is 18.2 Å². The lowest BCUT2D eigenvalue weighted by Gasteiger charge is -1.87. The van der Waals surface area contributed by atoms with Crippen LogP contribution in [0, 0.1) is 6.92 Å². The number of hydrogen-bond acceptors (Lipinski definition) is 2. The van der Waals surface area contributed by atoms with E-state index in [9.17, 15) is 4.79 Å². The van der Waals surface area contributed by atoms with E-state index in [-0.39, 0.29) is 7.40 Å². The molecule has 0 aromatic heterocycles. The highest BCUT2D eigenvalue weighted by Crippen LogP contribution is 1.92. The second kappa shape index (κ2) is 7.35. The molecule has 0 atom stereocenters. The maximum absolute atomic E-state index is 9.96. The van der Waals surface area contributed by atoms with E-state index in [1.54, 1.807) is 6.92 Å². The Hall–Kier alpha value is -1.31. The van der Waals surface area contributed by atoms with E-state index in [4.69, 9.17) is 0 Å². The summed E-state index contributed by atoms with van der Waals surface area (Å²) in [6.07, 6.45) is 0.469. The van der Waals surface area contributed by atoms with Gasteiger partial charge >= 0.3 is 5.97 Å². The Kier molecular flexibility index (Phi) is 6.60. The van der Waals surface area contributed by atoms with Crippen LogP contribution in [0.4, 0.5) is 0 Å². The summed E-state index contributed by atoms with van der Waals surface area (Å²) in [4.78, 5) is 9.96. The maximum atomic E-state index is 9.96. The molecule has 13 heavy (non-hydrogen) atoms. The molecule has 1 rings (SSSR count). The summed E-state index contributed by atoms with van der Waals surface area (Å²) in [6, 6.07) is 10.3. The molecule has 0 saturated heterocycles. The van der Waals surface area contributed by atoms with Crippen LogP contribution in [0.1, 0.15) is 20.3 Å². The third-order valence-corrected chi connectivity index (χ3v) is 1.46. The molecule has 2 heteroatoms. The highest BCUT2D eigenvalue weighted by atomic mass is 16.5. The third-order valence-electron chi connectivity index (χ3n) is 1.46. The van der Waals surface area contributed by atoms with Gasteiger partial charge in [0.2, 0.25) is 0 Å². The van der Waals surface area contributed by atoms with Gasteiger partial charge in [-0.15, -0.1) is 0 Å². The minimum atomic E-state index is -0.157. The van der Waals surface area contributed by atoms with E-state index in [2.05, 4.69) is 23.8 Å². The summed E-state index contributed by atoms with van der Waals surface area (Å²) in [5.41, 5.74) is 1.32. The van der Waals surface area contributed by atoms with Crippen LogP contribution >= 0.6 is 0 Å². The predicted molar refractivity (Wildman–Crippen MR) is 55.6 cm³/mol. The number of methoxy groups -OCH3 is 1. The maximum Gasteiger partial charge on any atom is 0.305 e. The number of aryl methyl sites for hydroxylation is 1. The molecule has 0 bridgehead atoms. The van der Waals surface area contributed by atoms with E-state index >= 15 is 0 Å². The lowest BCUT2D eigenvalue weighted by Crippen LogP contribution is -1.94. The minimum absolute atomic E-state index is 0. The fraction of sp³-hybridized carbons (Fsp3) is 0.364. The summed E-state index contributed by atoms with van der Waals surface area (Å²) in [6.45, 7) is 3.84. The van der Waals surface area contributed by atoms with Crippen molar-refractivity contribution in [2.75, 3.05) is 7.11 Å². The van der Waals surface area contributed by atoms with E-state index in [0.717, 1.165) is 0 Å². The zero-order valence-electron chi connectivity index (χ0n) is 8.41. The molecule has 0 radical (unpaired) electrons. The molecule has 2 nitrogen and oxygen atoms in total. The highest BCUT2D eigenvalue weighted by molar-refractivity contribution is 5.68. The first-order valence-corrected chi connectivity index (χ1v) is 4.29. The first-order valence-electron chi connectivity index (χ1n) is 4.29. The lowest BCUT2D eigenvalue weighted by molar-refractivity contribution is -0.140. The summed E-state index contributed by atoms with van der Waals surface area (Å²) >= 11 is 0. The smallest absolute Gasteiger partial charge is 0.305 e. The molecule has 0 aliphatic rings. The van der Waals surface area contributed by atoms with Crippen LogP contribution in [0.15, 0.2) is 30.3 Å². The molecule has 0 fully saturated rings. The Labute approximate surface area is 81.0 Å². The molecular weight excluding hydrogens is 164 g/mol. The number of rotatable bonds is 1. The van der Waals surface area contributed by atoms with Crippen molar-refractivity contribution in [3.8, 4) is 0 Å². The third kappa shape index (κ3) is 7.06. The molecule has 74 valence electrons. The number of benzene rings is 1. The molecule has 0 spiro atoms. The molecule has 0 saturated carbocycles. The van der Waals surface area contributed by atoms with Gasteiger partial charge in [-0.1, -0.05) is 42.8 Å². The summed E-state index contributed by atoms with van der Waals surface area (Å²) in [5, 5.41) is 0. The normalized spacial score (nSPS) is 8.23. The molecule has 0 aliphatic heterocycles. The van der Waals surface area contributed by atoms with Gasteiger partial charge in [-0.25, -0.2) is 0 Å². The average Bonchev–Trinajstić information content (AvgIpc) is 2.19. The Morgan fingerprint density at radius 3 is 2.08 bits per heavy atom. The molecule has 0 N–H and O–H groups in total. The van der Waals surface area contributed by atoms with Gasteiger partial charge in [0.15, 0.2) is 0 Å². The molecule has 0 aliphatic carbocycles. The standard InChI is InChI=1S/C7H8.C4H8O2.H2/c1-7-5-3-2-4-6-7;1-3-4(5)6-2;/h2-6H,1H3;3H2,1-2H3;1H. The molecule has 0 amide bonds. The average molecular weight is 182 g/mol. The van der Waals surface area contributed by atoms with Crippen LogP contribution in [0.25, 0.3) is 0 Å². The van der Waals surface area contributed by atoms with Gasteiger partial charge in [0.25, 0.3) is 0 Å². The predicted octanol–water partition coefficient (Wildman–Crippen LogP) is 2.81. The zero-order valence-corrected chi connectivity index (χ0v) is 8.41. The zero-order chi connectivity index (χ0) is 10.1. The van der Waals surface area contributed by atoms with Crippen molar-refractivity contribution < 1.29 is 11.0 Å². The SMILES string of the molecule is CCC(=O)OC.Cc1ccccc1.[HH]. The van der Waals surface area contributed by atoms with Crippen molar-refractivity contribution >= 4 is 5.97 Å². The van der Waals surface area contributed by atoms with Crippen LogP contribution in [0.3, 0.4) is 0 Å². The van der Waals surface area contributed by atoms with Crippen LogP contribution < -0.4 is 0 Å². The second-order valence-corrected chi connectivity index (χ2v) is 2.58. The molecule has 0 heterocycles. The second-order valence-electron chi connectivity index (χ2n) is 2.58. The number of carbonyl (C=O) groups excluding carboxylic acids is 1. The highest BCUT2D eigenvalue weighted by Gasteiger charge is 1.87. The molecule has 0 unspecified atom stereocenters. The van der Waals surface area contributed by atoms with Gasteiger partial charge < -0.3 is 4.74 Å². The quantitative estimate of drug-likeness (QED) is 0.624. The van der Waals surface area contributed by atoms with Crippen LogP contribution in [-0.2, 0) is 9.53 Å². The van der Waals surface area contributed by atoms with Crippen LogP contribution in [0.5, 0.6) is 0 Å². The fourth-order valence-electron chi connectivity index (χ4n) is 0.679. The Morgan fingerprint density at radius 2 is 1.92 bits per heavy atom. The molecule has 1 aromatic rings. The van der Waals surface area contributed by atoms with E-state index < -0.39 is 0 Å². The van der Waals surface area contributed by atoms with Crippen molar-refractivity contribution in [2.45, 2.75) is 20.3 Å². The van der Waals surface area contributed by atoms with Crippen molar-refractivity contribution in [3.05, 3.63) is 35.9 Å². The minimum Gasteiger partial charge on any atom is -0.469 e. The lowest BCUT2D eigenvalue weighted by atomic mass is 10.2. The van der Waals surface area contributed by atoms with Crippen LogP contribution in [0.2, 0.25) is 0 Å². The number of ether oxygens (including phenoxy) is 1. The van der Waals surface area contributed by atoms with Gasteiger partial charge in [0, 0.05) is 7.85 Å². The first-order chi connectivity index (χ1) is 6.20. The van der Waals surface area contributed by atoms with Gasteiger partial charge in [0.1, 0.15) is 0 Å². The molecular formula is C11H18O2. The van der Waals surface area contributed by atoms with Crippen LogP contribution in [-0.4, -0.2) is 13.1 Å². The van der Waals surface area contributed by atoms with Crippen molar-refractivity contribution in [3.63, 3.8) is 0 Å². The number of esters is 1. The van der Waals surface area contributed by atoms with Gasteiger partial charge in [0.05, 0.1) is 7.11 Å². The summed E-state index contributed by atoms with van der Waals surface area (Å²) in [5.74, 6) is -0.157.